The molecule has 4 saturated carbocycles. The summed E-state index contributed by atoms with van der Waals surface area (Å²) in [6.07, 6.45) is 21.9. The Morgan fingerprint density at radius 2 is 0.809 bits per heavy atom. The number of esters is 1. The predicted molar refractivity (Wildman–Crippen MR) is 182 cm³/mol. The van der Waals surface area contributed by atoms with Crippen LogP contribution in [0.4, 0.5) is 0 Å². The molecule has 8 N–H and O–H groups in total. The van der Waals surface area contributed by atoms with Gasteiger partial charge in [0.25, 0.3) is 0 Å². The van der Waals surface area contributed by atoms with Crippen LogP contribution < -0.4 is 42.5 Å². The second-order valence-corrected chi connectivity index (χ2v) is 17.3. The third kappa shape index (κ3) is 5.84. The number of ether oxygens (including phenoxy) is 1. The number of fused-ring (bicyclic) bond motifs is 20. The van der Waals surface area contributed by atoms with Gasteiger partial charge < -0.3 is 4.74 Å². The molecule has 0 aromatic carbocycles. The molecule has 8 bridgehead atoms. The van der Waals surface area contributed by atoms with Crippen molar-refractivity contribution in [1.29, 1.82) is 0 Å². The van der Waals surface area contributed by atoms with Gasteiger partial charge in [-0.25, -0.2) is 4.79 Å². The predicted octanol–water partition coefficient (Wildman–Crippen LogP) is 2.95. The van der Waals surface area contributed by atoms with Gasteiger partial charge in [-0.2, -0.15) is 0 Å². The zero-order chi connectivity index (χ0) is 31.6. The van der Waals surface area contributed by atoms with Crippen LogP contribution in [0.15, 0.2) is 12.2 Å². The largest absolute Gasteiger partial charge is 0.462 e. The Morgan fingerprint density at radius 1 is 0.489 bits per heavy atom. The number of hydrogen-bond acceptors (Lipinski definition) is 10. The van der Waals surface area contributed by atoms with E-state index in [1.807, 2.05) is 0 Å². The van der Waals surface area contributed by atoms with Gasteiger partial charge in [-0.3, -0.25) is 42.5 Å². The number of nitrogens with one attached hydrogen (secondary N) is 8. The van der Waals surface area contributed by atoms with Crippen molar-refractivity contribution in [1.82, 2.24) is 42.5 Å². The summed E-state index contributed by atoms with van der Waals surface area (Å²) in [5, 5.41) is 33.7. The van der Waals surface area contributed by atoms with Crippen molar-refractivity contribution in [3.05, 3.63) is 12.2 Å². The van der Waals surface area contributed by atoms with E-state index in [4.69, 9.17) is 4.74 Å². The van der Waals surface area contributed by atoms with Gasteiger partial charge in [-0.15, -0.1) is 0 Å². The second-order valence-electron chi connectivity index (χ2n) is 17.3. The average Bonchev–Trinajstić information content (AvgIpc) is 3.83. The standard InChI is InChI=1S/C37H62N8O2/c1-19(2)37(46)47-18-20-10-9-17-27-28(20)36-44-34-26-16-8-7-15-25(26)32(42-34)40-30-22-12-4-3-11-21(22)29(38-30)39-31-23-13-5-6-14-24(23)33(41-31)43-35(27)45-36/h20-36,38-45H,1,3-18H2,2H3. The van der Waals surface area contributed by atoms with Gasteiger partial charge in [0.05, 0.1) is 55.9 Å². The molecule has 17 atom stereocenters. The molecule has 5 heterocycles. The molecular formula is C37H62N8O2. The molecule has 9 aliphatic rings. The van der Waals surface area contributed by atoms with Crippen molar-refractivity contribution >= 4 is 5.97 Å². The topological polar surface area (TPSA) is 123 Å². The van der Waals surface area contributed by atoms with Gasteiger partial charge >= 0.3 is 5.97 Å². The van der Waals surface area contributed by atoms with E-state index >= 15 is 0 Å². The molecule has 47 heavy (non-hydrogen) atoms. The molecule has 5 saturated heterocycles. The van der Waals surface area contributed by atoms with E-state index < -0.39 is 0 Å². The van der Waals surface area contributed by atoms with Crippen LogP contribution in [0.5, 0.6) is 0 Å². The van der Waals surface area contributed by atoms with Crippen molar-refractivity contribution in [3.8, 4) is 0 Å². The molecular weight excluding hydrogens is 588 g/mol. The SMILES string of the molecule is C=C(C)C(=O)OCC1CCCC2C3NC4NC(NC5NC(NC6NC(NC(N3)C12)C1CCCCC61)C1CCCCC51)C1CCCCC41. The molecule has 262 valence electrons. The molecule has 5 aliphatic heterocycles. The average molecular weight is 651 g/mol. The van der Waals surface area contributed by atoms with Gasteiger partial charge in [0, 0.05) is 5.57 Å². The van der Waals surface area contributed by atoms with E-state index in [2.05, 4.69) is 49.1 Å². The second kappa shape index (κ2) is 13.2. The zero-order valence-corrected chi connectivity index (χ0v) is 28.7. The van der Waals surface area contributed by atoms with Crippen molar-refractivity contribution in [3.63, 3.8) is 0 Å². The lowest BCUT2D eigenvalue weighted by Gasteiger charge is -2.39. The lowest BCUT2D eigenvalue weighted by Crippen LogP contribution is -2.61. The van der Waals surface area contributed by atoms with E-state index in [1.165, 1.54) is 89.9 Å². The quantitative estimate of drug-likeness (QED) is 0.171. The molecule has 17 unspecified atom stereocenters. The first-order valence-electron chi connectivity index (χ1n) is 19.9. The van der Waals surface area contributed by atoms with Crippen LogP contribution in [0.2, 0.25) is 0 Å². The van der Waals surface area contributed by atoms with E-state index in [1.54, 1.807) is 6.92 Å². The van der Waals surface area contributed by atoms with E-state index in [-0.39, 0.29) is 24.5 Å². The van der Waals surface area contributed by atoms with Crippen LogP contribution in [0.3, 0.4) is 0 Å². The minimum atomic E-state index is -0.251. The van der Waals surface area contributed by atoms with Crippen LogP contribution >= 0.6 is 0 Å². The molecule has 10 nitrogen and oxygen atoms in total. The Morgan fingerprint density at radius 3 is 1.17 bits per heavy atom. The van der Waals surface area contributed by atoms with Crippen molar-refractivity contribution < 1.29 is 9.53 Å². The fraction of sp³-hybridized carbons (Fsp3) is 0.919. The maximum Gasteiger partial charge on any atom is 0.333 e. The van der Waals surface area contributed by atoms with E-state index in [9.17, 15) is 4.79 Å². The van der Waals surface area contributed by atoms with Gasteiger partial charge in [-0.05, 0) is 112 Å². The molecule has 9 rings (SSSR count). The summed E-state index contributed by atoms with van der Waals surface area (Å²) >= 11 is 0. The molecule has 0 aromatic heterocycles. The number of carbonyl (C=O) groups excluding carboxylic acids is 1. The number of rotatable bonds is 3. The number of carbonyl (C=O) groups is 1. The maximum atomic E-state index is 12.5. The third-order valence-electron chi connectivity index (χ3n) is 14.8. The molecule has 0 spiro atoms. The Hall–Kier alpha value is -1.11. The van der Waals surface area contributed by atoms with Crippen LogP contribution in [0, 0.1) is 53.3 Å². The zero-order valence-electron chi connectivity index (χ0n) is 28.7. The molecule has 0 radical (unpaired) electrons. The summed E-state index contributed by atoms with van der Waals surface area (Å²) in [4.78, 5) is 12.5. The Bertz CT molecular complexity index is 1170. The van der Waals surface area contributed by atoms with Crippen LogP contribution in [-0.2, 0) is 9.53 Å². The molecule has 9 fully saturated rings. The van der Waals surface area contributed by atoms with Crippen LogP contribution in [0.25, 0.3) is 0 Å². The summed E-state index contributed by atoms with van der Waals surface area (Å²) in [5.74, 6) is 4.98. The van der Waals surface area contributed by atoms with Crippen molar-refractivity contribution in [2.75, 3.05) is 6.61 Å². The van der Waals surface area contributed by atoms with Crippen LogP contribution in [0.1, 0.15) is 103 Å². The summed E-state index contributed by atoms with van der Waals surface area (Å²) in [6, 6.07) is 0. The highest BCUT2D eigenvalue weighted by atomic mass is 16.5. The lowest BCUT2D eigenvalue weighted by atomic mass is 9.71. The summed E-state index contributed by atoms with van der Waals surface area (Å²) in [6.45, 7) is 6.09. The summed E-state index contributed by atoms with van der Waals surface area (Å²) in [5.41, 5.74) is 0.491. The first kappa shape index (κ1) is 31.8. The first-order valence-corrected chi connectivity index (χ1v) is 19.9. The Kier molecular flexibility index (Phi) is 8.95. The highest BCUT2D eigenvalue weighted by Crippen LogP contribution is 2.47. The van der Waals surface area contributed by atoms with Crippen LogP contribution in [-0.4, -0.2) is 61.9 Å². The fourth-order valence-electron chi connectivity index (χ4n) is 12.7. The molecule has 10 heteroatoms. The lowest BCUT2D eigenvalue weighted by molar-refractivity contribution is -0.141. The van der Waals surface area contributed by atoms with Gasteiger partial charge in [0.2, 0.25) is 0 Å². The normalized spacial score (nSPS) is 52.1. The van der Waals surface area contributed by atoms with Crippen molar-refractivity contribution in [2.24, 2.45) is 53.3 Å². The van der Waals surface area contributed by atoms with Crippen molar-refractivity contribution in [2.45, 2.75) is 153 Å². The monoisotopic (exact) mass is 650 g/mol. The molecule has 0 aromatic rings. The molecule has 0 amide bonds. The highest BCUT2D eigenvalue weighted by molar-refractivity contribution is 5.86. The van der Waals surface area contributed by atoms with E-state index in [0.29, 0.717) is 96.3 Å². The number of hydrogen-bond donors (Lipinski definition) is 8. The first-order chi connectivity index (χ1) is 23.0. The van der Waals surface area contributed by atoms with Gasteiger partial charge in [-0.1, -0.05) is 51.5 Å². The highest BCUT2D eigenvalue weighted by Gasteiger charge is 2.55. The maximum absolute atomic E-state index is 12.5. The Labute approximate surface area is 282 Å². The van der Waals surface area contributed by atoms with Gasteiger partial charge in [0.15, 0.2) is 0 Å². The van der Waals surface area contributed by atoms with Gasteiger partial charge in [0.1, 0.15) is 0 Å². The summed E-state index contributed by atoms with van der Waals surface area (Å²) < 4.78 is 5.88. The summed E-state index contributed by atoms with van der Waals surface area (Å²) in [7, 11) is 0. The molecule has 4 aliphatic carbocycles. The minimum absolute atomic E-state index is 0.173. The van der Waals surface area contributed by atoms with E-state index in [0.717, 1.165) is 6.42 Å². The smallest absolute Gasteiger partial charge is 0.333 e. The fourth-order valence-corrected chi connectivity index (χ4v) is 12.7. The Balaban J connectivity index is 1.04. The minimum Gasteiger partial charge on any atom is -0.462 e. The third-order valence-corrected chi connectivity index (χ3v) is 14.8.